The number of rotatable bonds is 9. The standard InChI is InChI=1S/C36H48N2O11/c1-20(2)26-10-8-21(3)27-15-30(48-31(42)11-9-25-16-38(7)19-37-25)35(6)12-13-36(43,49-35)24(14-28(26)27)17-44-34-33(47-23(5)40)32(46-22(4)39)29(41)18-45-34/h8-9,11-14,16,19-20,26-30,32-34,41,43H,10,15,17-18H2,1-7H3/b11-9+,24-14-/t26-,27+,28-,29-,30?,32-,33+,34-,35+,36-/m1/s1. The molecule has 1 saturated heterocycles. The fourth-order valence-corrected chi connectivity index (χ4v) is 7.27. The Balaban J connectivity index is 1.47. The van der Waals surface area contributed by atoms with Crippen LogP contribution in [-0.4, -0.2) is 93.0 Å². The van der Waals surface area contributed by atoms with Crippen molar-refractivity contribution < 1.29 is 53.0 Å². The van der Waals surface area contributed by atoms with Gasteiger partial charge in [0.2, 0.25) is 5.79 Å². The highest BCUT2D eigenvalue weighted by atomic mass is 16.7. The van der Waals surface area contributed by atoms with Crippen molar-refractivity contribution in [1.82, 2.24) is 9.55 Å². The van der Waals surface area contributed by atoms with Crippen molar-refractivity contribution in [1.29, 1.82) is 0 Å². The molecule has 0 saturated carbocycles. The smallest absolute Gasteiger partial charge is 0.331 e. The molecule has 13 heteroatoms. The van der Waals surface area contributed by atoms with E-state index in [-0.39, 0.29) is 36.9 Å². The number of hydrogen-bond donors (Lipinski definition) is 2. The molecule has 1 aromatic heterocycles. The first kappa shape index (κ1) is 36.7. The molecule has 4 heterocycles. The van der Waals surface area contributed by atoms with E-state index in [0.717, 1.165) is 12.0 Å². The highest BCUT2D eigenvalue weighted by Crippen LogP contribution is 2.49. The van der Waals surface area contributed by atoms with Gasteiger partial charge in [0.05, 0.1) is 25.2 Å². The lowest BCUT2D eigenvalue weighted by molar-refractivity contribution is -0.279. The van der Waals surface area contributed by atoms with Crippen LogP contribution in [0.15, 0.2) is 54.1 Å². The Labute approximate surface area is 286 Å². The summed E-state index contributed by atoms with van der Waals surface area (Å²) in [4.78, 5) is 41.3. The van der Waals surface area contributed by atoms with Crippen LogP contribution in [0.5, 0.6) is 0 Å². The number of nitrogens with zero attached hydrogens (tertiary/aromatic N) is 2. The number of carbonyl (C=O) groups excluding carboxylic acids is 3. The second-order valence-electron chi connectivity index (χ2n) is 14.0. The lowest BCUT2D eigenvalue weighted by atomic mass is 9.65. The normalized spacial score (nSPS) is 36.9. The van der Waals surface area contributed by atoms with Crippen molar-refractivity contribution in [2.24, 2.45) is 30.7 Å². The summed E-state index contributed by atoms with van der Waals surface area (Å²) >= 11 is 0. The summed E-state index contributed by atoms with van der Waals surface area (Å²) in [5.41, 5.74) is 0.918. The molecular weight excluding hydrogens is 636 g/mol. The summed E-state index contributed by atoms with van der Waals surface area (Å²) in [6, 6.07) is 0. The number of aliphatic hydroxyl groups excluding tert-OH is 1. The van der Waals surface area contributed by atoms with Crippen LogP contribution in [0.3, 0.4) is 0 Å². The molecule has 0 spiro atoms. The van der Waals surface area contributed by atoms with E-state index >= 15 is 0 Å². The van der Waals surface area contributed by atoms with Crippen molar-refractivity contribution in [3.8, 4) is 0 Å². The number of fused-ring (bicyclic) bond motifs is 3. The minimum atomic E-state index is -1.95. The van der Waals surface area contributed by atoms with Gasteiger partial charge in [-0.3, -0.25) is 9.59 Å². The third-order valence-corrected chi connectivity index (χ3v) is 9.87. The molecule has 2 bridgehead atoms. The van der Waals surface area contributed by atoms with Gasteiger partial charge in [-0.25, -0.2) is 9.78 Å². The van der Waals surface area contributed by atoms with Crippen LogP contribution in [0.1, 0.15) is 60.1 Å². The first-order valence-electron chi connectivity index (χ1n) is 16.7. The number of ether oxygens (including phenoxy) is 6. The second kappa shape index (κ2) is 14.7. The molecule has 49 heavy (non-hydrogen) atoms. The lowest BCUT2D eigenvalue weighted by Gasteiger charge is -2.41. The van der Waals surface area contributed by atoms with Crippen molar-refractivity contribution in [2.45, 2.75) is 96.5 Å². The fourth-order valence-electron chi connectivity index (χ4n) is 7.27. The van der Waals surface area contributed by atoms with Crippen LogP contribution in [-0.2, 0) is 49.9 Å². The van der Waals surface area contributed by atoms with Gasteiger partial charge in [0, 0.05) is 38.7 Å². The fraction of sp³-hybridized carbons (Fsp3) is 0.611. The molecule has 1 unspecified atom stereocenters. The maximum Gasteiger partial charge on any atom is 0.331 e. The van der Waals surface area contributed by atoms with E-state index in [4.69, 9.17) is 28.4 Å². The van der Waals surface area contributed by atoms with Gasteiger partial charge in [-0.15, -0.1) is 0 Å². The molecule has 268 valence electrons. The number of aromatic nitrogens is 2. The predicted octanol–water partition coefficient (Wildman–Crippen LogP) is 3.16. The molecule has 0 aromatic carbocycles. The van der Waals surface area contributed by atoms with Crippen LogP contribution in [0.2, 0.25) is 0 Å². The number of hydrogen-bond acceptors (Lipinski definition) is 12. The van der Waals surface area contributed by atoms with Gasteiger partial charge in [0.1, 0.15) is 17.8 Å². The molecule has 10 atom stereocenters. The van der Waals surface area contributed by atoms with Gasteiger partial charge in [-0.05, 0) is 68.6 Å². The molecule has 1 fully saturated rings. The summed E-state index contributed by atoms with van der Waals surface area (Å²) in [7, 11) is 1.84. The molecule has 5 rings (SSSR count). The zero-order valence-electron chi connectivity index (χ0n) is 29.1. The summed E-state index contributed by atoms with van der Waals surface area (Å²) in [6.07, 6.45) is 9.28. The van der Waals surface area contributed by atoms with Crippen molar-refractivity contribution in [3.05, 3.63) is 59.7 Å². The van der Waals surface area contributed by atoms with Gasteiger partial charge in [-0.2, -0.15) is 0 Å². The minimum absolute atomic E-state index is 0.0614. The monoisotopic (exact) mass is 684 g/mol. The molecule has 2 N–H and O–H groups in total. The Morgan fingerprint density at radius 1 is 1.14 bits per heavy atom. The molecule has 1 aromatic rings. The SMILES string of the molecule is CC(=O)O[C@@H]1[C@H](OC/C2=C/[C@@H]3[C@@H](C(C)C)CC=C(C)[C@@H]3CC(OC(=O)/C=C/c3cn(C)cn3)[C@]3(C)C=C[C@@]2(O)O3)OC[C@@H](O)[C@H]1OC(C)=O. The molecule has 4 aliphatic rings. The Morgan fingerprint density at radius 2 is 1.86 bits per heavy atom. The largest absolute Gasteiger partial charge is 0.456 e. The number of aliphatic hydroxyl groups is 2. The summed E-state index contributed by atoms with van der Waals surface area (Å²) in [6.45, 7) is 10.1. The van der Waals surface area contributed by atoms with E-state index in [0.29, 0.717) is 17.7 Å². The van der Waals surface area contributed by atoms with E-state index in [2.05, 4.69) is 31.8 Å². The third-order valence-electron chi connectivity index (χ3n) is 9.87. The zero-order chi connectivity index (χ0) is 35.7. The van der Waals surface area contributed by atoms with E-state index in [9.17, 15) is 24.6 Å². The molecular formula is C36H48N2O11. The topological polar surface area (TPSA) is 165 Å². The highest BCUT2D eigenvalue weighted by Gasteiger charge is 2.53. The van der Waals surface area contributed by atoms with Crippen LogP contribution < -0.4 is 0 Å². The summed E-state index contributed by atoms with van der Waals surface area (Å²) < 4.78 is 37.0. The number of aryl methyl sites for hydroxylation is 1. The maximum atomic E-state index is 13.2. The molecule has 3 aliphatic heterocycles. The van der Waals surface area contributed by atoms with Gasteiger partial charge in [0.25, 0.3) is 0 Å². The Kier molecular flexibility index (Phi) is 11.0. The Bertz CT molecular complexity index is 1530. The zero-order valence-corrected chi connectivity index (χ0v) is 29.1. The third kappa shape index (κ3) is 8.24. The van der Waals surface area contributed by atoms with Gasteiger partial charge in [-0.1, -0.05) is 31.6 Å². The Morgan fingerprint density at radius 3 is 2.51 bits per heavy atom. The van der Waals surface area contributed by atoms with Crippen LogP contribution in [0.25, 0.3) is 6.08 Å². The van der Waals surface area contributed by atoms with Crippen molar-refractivity contribution in [3.63, 3.8) is 0 Å². The number of carbonyl (C=O) groups is 3. The lowest BCUT2D eigenvalue weighted by Crippen LogP contribution is -2.57. The first-order valence-corrected chi connectivity index (χ1v) is 16.7. The van der Waals surface area contributed by atoms with E-state index in [1.165, 1.54) is 26.0 Å². The first-order chi connectivity index (χ1) is 23.1. The molecule has 13 nitrogen and oxygen atoms in total. The molecule has 1 aliphatic carbocycles. The molecule has 0 amide bonds. The average Bonchev–Trinajstić information content (AvgIpc) is 3.59. The minimum Gasteiger partial charge on any atom is -0.456 e. The maximum absolute atomic E-state index is 13.2. The van der Waals surface area contributed by atoms with Crippen molar-refractivity contribution in [2.75, 3.05) is 13.2 Å². The summed E-state index contributed by atoms with van der Waals surface area (Å²) in [5, 5.41) is 22.7. The molecule has 0 radical (unpaired) electrons. The van der Waals surface area contributed by atoms with E-state index < -0.39 is 60.0 Å². The Hall–Kier alpha value is -3.62. The van der Waals surface area contributed by atoms with Gasteiger partial charge < -0.3 is 43.2 Å². The second-order valence-corrected chi connectivity index (χ2v) is 14.0. The quantitative estimate of drug-likeness (QED) is 0.169. The van der Waals surface area contributed by atoms with Crippen LogP contribution in [0.4, 0.5) is 0 Å². The van der Waals surface area contributed by atoms with Crippen molar-refractivity contribution >= 4 is 24.0 Å². The van der Waals surface area contributed by atoms with E-state index in [1.54, 1.807) is 36.2 Å². The van der Waals surface area contributed by atoms with Gasteiger partial charge >= 0.3 is 17.9 Å². The highest BCUT2D eigenvalue weighted by molar-refractivity contribution is 5.86. The van der Waals surface area contributed by atoms with Gasteiger partial charge in [0.15, 0.2) is 18.5 Å². The predicted molar refractivity (Wildman–Crippen MR) is 175 cm³/mol. The van der Waals surface area contributed by atoms with Crippen LogP contribution in [0, 0.1) is 23.7 Å². The number of esters is 3. The number of imidazole rings is 1. The summed E-state index contributed by atoms with van der Waals surface area (Å²) in [5.74, 6) is -3.57. The van der Waals surface area contributed by atoms with E-state index in [1.807, 2.05) is 13.1 Å². The average molecular weight is 685 g/mol. The van der Waals surface area contributed by atoms with Crippen LogP contribution >= 0.6 is 0 Å². The number of allylic oxidation sites excluding steroid dienone is 3.